The topological polar surface area (TPSA) is 110 Å². The number of carbonyl (C=O) groups excluding carboxylic acids is 2. The van der Waals surface area contributed by atoms with Crippen molar-refractivity contribution >= 4 is 28.6 Å². The van der Waals surface area contributed by atoms with Crippen LogP contribution in [-0.4, -0.2) is 45.8 Å². The van der Waals surface area contributed by atoms with Crippen LogP contribution in [0.5, 0.6) is 11.5 Å². The van der Waals surface area contributed by atoms with Gasteiger partial charge in [-0.1, -0.05) is 0 Å². The molecular formula is C23H21N5O4. The number of carbonyl (C=O) groups is 2. The van der Waals surface area contributed by atoms with E-state index in [0.717, 1.165) is 5.69 Å². The van der Waals surface area contributed by atoms with E-state index in [1.807, 2.05) is 19.9 Å². The molecule has 9 heteroatoms. The van der Waals surface area contributed by atoms with Gasteiger partial charge < -0.3 is 19.4 Å². The average molecular weight is 431 g/mol. The van der Waals surface area contributed by atoms with Gasteiger partial charge in [0, 0.05) is 19.7 Å². The highest BCUT2D eigenvalue weighted by Crippen LogP contribution is 2.33. The Balaban J connectivity index is 1.64. The predicted molar refractivity (Wildman–Crippen MR) is 118 cm³/mol. The monoisotopic (exact) mass is 431 g/mol. The Kier molecular flexibility index (Phi) is 5.55. The first-order valence-electron chi connectivity index (χ1n) is 9.80. The van der Waals surface area contributed by atoms with Crippen LogP contribution in [0.1, 0.15) is 32.3 Å². The molecule has 0 radical (unpaired) electrons. The number of aromatic nitrogens is 3. The molecule has 2 amide bonds. The number of nitrogens with zero attached hydrogens (tertiary/aromatic N) is 4. The first kappa shape index (κ1) is 21.0. The maximum absolute atomic E-state index is 12.8. The number of anilines is 1. The van der Waals surface area contributed by atoms with Crippen molar-refractivity contribution < 1.29 is 18.7 Å². The molecule has 3 heterocycles. The second-order valence-electron chi connectivity index (χ2n) is 7.42. The fourth-order valence-corrected chi connectivity index (χ4v) is 3.02. The van der Waals surface area contributed by atoms with Gasteiger partial charge >= 0.3 is 0 Å². The van der Waals surface area contributed by atoms with Crippen LogP contribution >= 0.6 is 0 Å². The number of pyridine rings is 1. The molecule has 0 spiro atoms. The molecule has 9 nitrogen and oxygen atoms in total. The summed E-state index contributed by atoms with van der Waals surface area (Å²) < 4.78 is 11.7. The molecule has 0 fully saturated rings. The summed E-state index contributed by atoms with van der Waals surface area (Å²) in [5.41, 5.74) is 1.89. The Morgan fingerprint density at radius 1 is 1.00 bits per heavy atom. The molecule has 0 aliphatic carbocycles. The Morgan fingerprint density at radius 3 is 2.47 bits per heavy atom. The minimum absolute atomic E-state index is 0.206. The Morgan fingerprint density at radius 2 is 1.81 bits per heavy atom. The van der Waals surface area contributed by atoms with Crippen molar-refractivity contribution in [3.8, 4) is 11.5 Å². The minimum atomic E-state index is -0.381. The van der Waals surface area contributed by atoms with Gasteiger partial charge in [0.25, 0.3) is 11.8 Å². The largest absolute Gasteiger partial charge is 0.461 e. The Hall–Kier alpha value is -4.27. The summed E-state index contributed by atoms with van der Waals surface area (Å²) in [4.78, 5) is 38.7. The van der Waals surface area contributed by atoms with E-state index in [0.29, 0.717) is 45.3 Å². The molecule has 1 N–H and O–H groups in total. The van der Waals surface area contributed by atoms with Crippen LogP contribution in [0.15, 0.2) is 53.3 Å². The van der Waals surface area contributed by atoms with Crippen molar-refractivity contribution in [2.45, 2.75) is 13.8 Å². The van der Waals surface area contributed by atoms with E-state index in [1.165, 1.54) is 17.3 Å². The second kappa shape index (κ2) is 8.46. The maximum Gasteiger partial charge on any atom is 0.271 e. The lowest BCUT2D eigenvalue weighted by atomic mass is 10.1. The molecule has 162 valence electrons. The SMILES string of the molecule is Cc1cnc(NC(=O)c2cc(Oc3ccc(C(=O)N(C)C)nc3)c3cc(C)oc3c2)cn1. The number of benzene rings is 1. The molecule has 0 bridgehead atoms. The summed E-state index contributed by atoms with van der Waals surface area (Å²) in [5, 5.41) is 3.43. The number of hydrogen-bond acceptors (Lipinski definition) is 7. The average Bonchev–Trinajstić information content (AvgIpc) is 3.15. The molecule has 0 unspecified atom stereocenters. The van der Waals surface area contributed by atoms with E-state index in [-0.39, 0.29) is 11.8 Å². The lowest BCUT2D eigenvalue weighted by Gasteiger charge is -2.11. The van der Waals surface area contributed by atoms with Gasteiger partial charge in [0.05, 0.1) is 29.7 Å². The molecule has 0 aliphatic rings. The lowest BCUT2D eigenvalue weighted by Crippen LogP contribution is -2.22. The van der Waals surface area contributed by atoms with E-state index in [2.05, 4.69) is 20.3 Å². The minimum Gasteiger partial charge on any atom is -0.461 e. The first-order chi connectivity index (χ1) is 15.3. The zero-order valence-corrected chi connectivity index (χ0v) is 18.0. The summed E-state index contributed by atoms with van der Waals surface area (Å²) in [7, 11) is 3.32. The van der Waals surface area contributed by atoms with Gasteiger partial charge in [-0.25, -0.2) is 9.97 Å². The smallest absolute Gasteiger partial charge is 0.271 e. The summed E-state index contributed by atoms with van der Waals surface area (Å²) in [6.07, 6.45) is 4.52. The third-order valence-electron chi connectivity index (χ3n) is 4.60. The summed E-state index contributed by atoms with van der Waals surface area (Å²) in [6, 6.07) is 8.32. The van der Waals surface area contributed by atoms with Crippen LogP contribution in [0.25, 0.3) is 11.0 Å². The zero-order valence-electron chi connectivity index (χ0n) is 18.0. The van der Waals surface area contributed by atoms with Crippen LogP contribution in [-0.2, 0) is 0 Å². The number of rotatable bonds is 5. The number of ether oxygens (including phenoxy) is 1. The molecule has 0 aliphatic heterocycles. The number of nitrogens with one attached hydrogen (secondary N) is 1. The first-order valence-corrected chi connectivity index (χ1v) is 9.80. The number of amides is 2. The highest BCUT2D eigenvalue weighted by molar-refractivity contribution is 6.06. The normalized spacial score (nSPS) is 10.8. The summed E-state index contributed by atoms with van der Waals surface area (Å²) in [6.45, 7) is 3.63. The zero-order chi connectivity index (χ0) is 22.8. The van der Waals surface area contributed by atoms with E-state index in [4.69, 9.17) is 9.15 Å². The fraction of sp³-hybridized carbons (Fsp3) is 0.174. The summed E-state index contributed by atoms with van der Waals surface area (Å²) in [5.74, 6) is 1.27. The highest BCUT2D eigenvalue weighted by atomic mass is 16.5. The molecule has 4 aromatic rings. The second-order valence-corrected chi connectivity index (χ2v) is 7.42. The third kappa shape index (κ3) is 4.41. The van der Waals surface area contributed by atoms with Crippen molar-refractivity contribution in [1.29, 1.82) is 0 Å². The molecule has 0 saturated heterocycles. The van der Waals surface area contributed by atoms with Crippen LogP contribution in [0, 0.1) is 13.8 Å². The standard InChI is InChI=1S/C23H21N5O4/c1-13-10-26-21(12-24-13)27-22(29)15-8-19-17(7-14(2)31-19)20(9-15)32-16-5-6-18(25-11-16)23(30)28(3)4/h5-12H,1-4H3,(H,26,27,29). The van der Waals surface area contributed by atoms with Gasteiger partial charge in [0.1, 0.15) is 28.5 Å². The van der Waals surface area contributed by atoms with Crippen LogP contribution in [0.4, 0.5) is 5.82 Å². The quantitative estimate of drug-likeness (QED) is 0.509. The molecule has 32 heavy (non-hydrogen) atoms. The summed E-state index contributed by atoms with van der Waals surface area (Å²) >= 11 is 0. The molecule has 0 atom stereocenters. The Bertz CT molecular complexity index is 1290. The predicted octanol–water partition coefficient (Wildman–Crippen LogP) is 3.98. The van der Waals surface area contributed by atoms with Gasteiger partial charge in [-0.3, -0.25) is 14.6 Å². The number of hydrogen-bond donors (Lipinski definition) is 1. The van der Waals surface area contributed by atoms with Crippen molar-refractivity contribution in [3.05, 3.63) is 71.6 Å². The molecule has 3 aromatic heterocycles. The maximum atomic E-state index is 12.8. The third-order valence-corrected chi connectivity index (χ3v) is 4.60. The Labute approximate surface area is 184 Å². The van der Waals surface area contributed by atoms with Crippen LogP contribution in [0.3, 0.4) is 0 Å². The van der Waals surface area contributed by atoms with Crippen molar-refractivity contribution in [2.24, 2.45) is 0 Å². The van der Waals surface area contributed by atoms with Gasteiger partial charge in [-0.2, -0.15) is 0 Å². The van der Waals surface area contributed by atoms with E-state index in [1.54, 1.807) is 44.6 Å². The molecule has 0 saturated carbocycles. The van der Waals surface area contributed by atoms with E-state index < -0.39 is 0 Å². The molecular weight excluding hydrogens is 410 g/mol. The highest BCUT2D eigenvalue weighted by Gasteiger charge is 2.16. The van der Waals surface area contributed by atoms with Crippen LogP contribution < -0.4 is 10.1 Å². The van der Waals surface area contributed by atoms with E-state index >= 15 is 0 Å². The number of furan rings is 1. The fourth-order valence-electron chi connectivity index (χ4n) is 3.02. The van der Waals surface area contributed by atoms with Crippen molar-refractivity contribution in [3.63, 3.8) is 0 Å². The van der Waals surface area contributed by atoms with Gasteiger partial charge in [-0.15, -0.1) is 0 Å². The van der Waals surface area contributed by atoms with Gasteiger partial charge in [-0.05, 0) is 44.2 Å². The van der Waals surface area contributed by atoms with Crippen LogP contribution in [0.2, 0.25) is 0 Å². The number of aryl methyl sites for hydroxylation is 2. The lowest BCUT2D eigenvalue weighted by molar-refractivity contribution is 0.0821. The van der Waals surface area contributed by atoms with Gasteiger partial charge in [0.15, 0.2) is 5.82 Å². The molecule has 4 rings (SSSR count). The van der Waals surface area contributed by atoms with Gasteiger partial charge in [0.2, 0.25) is 0 Å². The van der Waals surface area contributed by atoms with Crippen molar-refractivity contribution in [2.75, 3.05) is 19.4 Å². The van der Waals surface area contributed by atoms with Crippen molar-refractivity contribution in [1.82, 2.24) is 19.9 Å². The van der Waals surface area contributed by atoms with E-state index in [9.17, 15) is 9.59 Å². The molecule has 1 aromatic carbocycles. The number of fused-ring (bicyclic) bond motifs is 1.